The van der Waals surface area contributed by atoms with Crippen molar-refractivity contribution in [1.82, 2.24) is 0 Å². The number of hydrogen-bond acceptors (Lipinski definition) is 0. The Morgan fingerprint density at radius 2 is 0.464 bits per heavy atom. The molecule has 0 bridgehead atoms. The molecule has 16 heteroatoms. The predicted molar refractivity (Wildman–Crippen MR) is 56.4 cm³/mol. The van der Waals surface area contributed by atoms with Crippen molar-refractivity contribution in [2.75, 3.05) is 0 Å². The van der Waals surface area contributed by atoms with Crippen molar-refractivity contribution in [3.8, 4) is 0 Å². The third kappa shape index (κ3) is 1.48. The molecule has 0 aromatic carbocycles. The lowest BCUT2D eigenvalue weighted by molar-refractivity contribution is -0.538. The van der Waals surface area contributed by atoms with E-state index in [4.69, 9.17) is 0 Å². The zero-order chi connectivity index (χ0) is 23.0. The molecule has 28 heavy (non-hydrogen) atoms. The Balaban J connectivity index is 3.23. The molecule has 0 saturated heterocycles. The van der Waals surface area contributed by atoms with E-state index in [0.717, 1.165) is 0 Å². The molecule has 0 heterocycles. The summed E-state index contributed by atoms with van der Waals surface area (Å²) in [6.45, 7) is -2.25. The van der Waals surface area contributed by atoms with Crippen LogP contribution in [0.15, 0.2) is 0 Å². The van der Waals surface area contributed by atoms with Crippen LogP contribution in [0.4, 0.5) is 70.2 Å². The Labute approximate surface area is 143 Å². The Morgan fingerprint density at radius 3 is 0.643 bits per heavy atom. The van der Waals surface area contributed by atoms with Gasteiger partial charge in [0.1, 0.15) is 0 Å². The molecule has 0 aliphatic heterocycles. The number of hydrogen-bond donors (Lipinski definition) is 0. The highest BCUT2D eigenvalue weighted by Crippen LogP contribution is 2.80. The molecular formula is C12H6F16. The van der Waals surface area contributed by atoms with Crippen LogP contribution in [-0.2, 0) is 0 Å². The molecule has 166 valence electrons. The van der Waals surface area contributed by atoms with Crippen molar-refractivity contribution in [2.45, 2.75) is 72.1 Å². The van der Waals surface area contributed by atoms with E-state index in [2.05, 4.69) is 0 Å². The summed E-state index contributed by atoms with van der Waals surface area (Å²) >= 11 is 0. The summed E-state index contributed by atoms with van der Waals surface area (Å²) in [5, 5.41) is 0. The molecule has 4 atom stereocenters. The number of rotatable bonds is 0. The highest BCUT2D eigenvalue weighted by molar-refractivity contribution is 5.44. The summed E-state index contributed by atoms with van der Waals surface area (Å²) in [6, 6.07) is 0. The summed E-state index contributed by atoms with van der Waals surface area (Å²) in [7, 11) is 0. The average Bonchev–Trinajstić information content (AvgIpc) is 2.49. The first-order valence-corrected chi connectivity index (χ1v) is 6.77. The summed E-state index contributed by atoms with van der Waals surface area (Å²) in [4.78, 5) is 0. The van der Waals surface area contributed by atoms with E-state index in [9.17, 15) is 70.2 Å². The van der Waals surface area contributed by atoms with Gasteiger partial charge >= 0.3 is 35.5 Å². The van der Waals surface area contributed by atoms with Crippen molar-refractivity contribution >= 4 is 0 Å². The third-order valence-electron chi connectivity index (χ3n) is 5.45. The van der Waals surface area contributed by atoms with Gasteiger partial charge < -0.3 is 0 Å². The lowest BCUT2D eigenvalue weighted by Crippen LogP contribution is -2.98. The largest absolute Gasteiger partial charge is 0.382 e. The fourth-order valence-corrected chi connectivity index (χ4v) is 3.32. The molecule has 2 aliphatic carbocycles. The number of halogens is 16. The van der Waals surface area contributed by atoms with E-state index in [0.29, 0.717) is 0 Å². The first-order chi connectivity index (χ1) is 11.8. The molecule has 0 amide bonds. The van der Waals surface area contributed by atoms with Gasteiger partial charge in [-0.2, -0.15) is 52.7 Å². The van der Waals surface area contributed by atoms with Crippen molar-refractivity contribution in [3.05, 3.63) is 0 Å². The summed E-state index contributed by atoms with van der Waals surface area (Å²) in [5.41, 5.74) is -28.2. The first kappa shape index (κ1) is 23.2. The topological polar surface area (TPSA) is 0 Å². The van der Waals surface area contributed by atoms with Crippen molar-refractivity contribution in [3.63, 3.8) is 0 Å². The minimum atomic E-state index is -8.07. The van der Waals surface area contributed by atoms with E-state index in [-0.39, 0.29) is 0 Å². The Morgan fingerprint density at radius 1 is 0.286 bits per heavy atom. The minimum Gasteiger partial charge on any atom is -0.234 e. The molecular weight excluding hydrogens is 448 g/mol. The van der Waals surface area contributed by atoms with Crippen LogP contribution in [0.25, 0.3) is 0 Å². The van der Waals surface area contributed by atoms with Gasteiger partial charge in [0.15, 0.2) is 0 Å². The van der Waals surface area contributed by atoms with Gasteiger partial charge in [-0.25, -0.2) is 17.6 Å². The predicted octanol–water partition coefficient (Wildman–Crippen LogP) is 5.70. The molecule has 0 nitrogen and oxygen atoms in total. The van der Waals surface area contributed by atoms with E-state index in [1.807, 2.05) is 0 Å². The fourth-order valence-electron chi connectivity index (χ4n) is 3.32. The average molecular weight is 454 g/mol. The van der Waals surface area contributed by atoms with Gasteiger partial charge in [-0.15, -0.1) is 0 Å². The normalized spacial score (nSPS) is 49.9. The van der Waals surface area contributed by atoms with Crippen LogP contribution < -0.4 is 0 Å². The molecule has 0 spiro atoms. The zero-order valence-electron chi connectivity index (χ0n) is 13.0. The van der Waals surface area contributed by atoms with Gasteiger partial charge in [0.2, 0.25) is 11.3 Å². The van der Waals surface area contributed by atoms with E-state index >= 15 is 0 Å². The van der Waals surface area contributed by atoms with Crippen molar-refractivity contribution < 1.29 is 70.2 Å². The molecule has 2 saturated carbocycles. The molecule has 2 rings (SSSR count). The second kappa shape index (κ2) is 4.62. The van der Waals surface area contributed by atoms with Gasteiger partial charge in [-0.1, -0.05) is 0 Å². The standard InChI is InChI=1S/C12H6F16/c1-3(13)4(2,14)8(19,20)6(16)5(15,7(3,17)18)9(21,22)11(25,26)12(27,28)10(6,23)24/h1-2H3. The van der Waals surface area contributed by atoms with E-state index in [1.54, 1.807) is 0 Å². The summed E-state index contributed by atoms with van der Waals surface area (Å²) < 4.78 is 222. The van der Waals surface area contributed by atoms with Crippen LogP contribution in [-0.4, -0.2) is 58.2 Å². The SMILES string of the molecule is CC1(F)C(C)(F)C(F)(F)C2(F)C(F)(F)C(F)(F)C(F)(F)C(F)(F)C2(F)C1(F)F. The second-order valence-corrected chi connectivity index (χ2v) is 6.77. The van der Waals surface area contributed by atoms with E-state index in [1.165, 1.54) is 0 Å². The van der Waals surface area contributed by atoms with Gasteiger partial charge in [0.25, 0.3) is 11.3 Å². The minimum absolute atomic E-state index is 1.12. The van der Waals surface area contributed by atoms with Gasteiger partial charge in [0.05, 0.1) is 0 Å². The highest BCUT2D eigenvalue weighted by atomic mass is 19.4. The van der Waals surface area contributed by atoms with Gasteiger partial charge in [0, 0.05) is 0 Å². The lowest BCUT2D eigenvalue weighted by atomic mass is 9.50. The number of fused-ring (bicyclic) bond motifs is 1. The quantitative estimate of drug-likeness (QED) is 0.413. The Hall–Kier alpha value is -1.12. The number of alkyl halides is 16. The monoisotopic (exact) mass is 454 g/mol. The maximum atomic E-state index is 14.6. The third-order valence-corrected chi connectivity index (χ3v) is 5.45. The smallest absolute Gasteiger partial charge is 0.234 e. The molecule has 0 radical (unpaired) electrons. The van der Waals surface area contributed by atoms with Crippen LogP contribution in [0.5, 0.6) is 0 Å². The first-order valence-electron chi connectivity index (χ1n) is 6.77. The molecule has 4 unspecified atom stereocenters. The van der Waals surface area contributed by atoms with Crippen LogP contribution >= 0.6 is 0 Å². The lowest BCUT2D eigenvalue weighted by Gasteiger charge is -2.65. The summed E-state index contributed by atoms with van der Waals surface area (Å²) in [5.74, 6) is -46.9. The molecule has 0 N–H and O–H groups in total. The maximum Gasteiger partial charge on any atom is 0.382 e. The molecule has 0 aromatic rings. The Bertz CT molecular complexity index is 588. The van der Waals surface area contributed by atoms with E-state index < -0.39 is 72.1 Å². The fraction of sp³-hybridized carbons (Fsp3) is 1.00. The van der Waals surface area contributed by atoms with Gasteiger partial charge in [-0.3, -0.25) is 0 Å². The molecule has 2 fully saturated rings. The van der Waals surface area contributed by atoms with Crippen LogP contribution in [0.2, 0.25) is 0 Å². The maximum absolute atomic E-state index is 14.6. The van der Waals surface area contributed by atoms with Crippen LogP contribution in [0.1, 0.15) is 13.8 Å². The van der Waals surface area contributed by atoms with Crippen LogP contribution in [0.3, 0.4) is 0 Å². The Kier molecular flexibility index (Phi) is 3.82. The van der Waals surface area contributed by atoms with Crippen molar-refractivity contribution in [1.29, 1.82) is 0 Å². The van der Waals surface area contributed by atoms with Gasteiger partial charge in [-0.05, 0) is 13.8 Å². The van der Waals surface area contributed by atoms with Crippen molar-refractivity contribution in [2.24, 2.45) is 0 Å². The highest BCUT2D eigenvalue weighted by Gasteiger charge is 3.12. The molecule has 2 aliphatic rings. The molecule has 0 aromatic heterocycles. The summed E-state index contributed by atoms with van der Waals surface area (Å²) in [6.07, 6.45) is 0. The zero-order valence-corrected chi connectivity index (χ0v) is 13.0. The van der Waals surface area contributed by atoms with Crippen LogP contribution in [0, 0.1) is 0 Å². The second-order valence-electron chi connectivity index (χ2n) is 6.77.